The molecule has 35 heavy (non-hydrogen) atoms. The van der Waals surface area contributed by atoms with Crippen LogP contribution in [0, 0.1) is 0 Å². The number of pyridine rings is 1. The zero-order valence-corrected chi connectivity index (χ0v) is 20.5. The van der Waals surface area contributed by atoms with Gasteiger partial charge in [-0.05, 0) is 45.1 Å². The Labute approximate surface area is 204 Å². The highest BCUT2D eigenvalue weighted by molar-refractivity contribution is 6.04. The van der Waals surface area contributed by atoms with E-state index >= 15 is 0 Å². The number of aliphatic hydroxyl groups is 1. The van der Waals surface area contributed by atoms with Crippen LogP contribution in [0.1, 0.15) is 66.1 Å². The first-order chi connectivity index (χ1) is 16.8. The third kappa shape index (κ3) is 4.89. The molecule has 0 aliphatic heterocycles. The molecule has 8 nitrogen and oxygen atoms in total. The number of nitrogens with zero attached hydrogens (tertiary/aromatic N) is 2. The van der Waals surface area contributed by atoms with Gasteiger partial charge in [-0.1, -0.05) is 37.3 Å². The Balaban J connectivity index is 1.78. The molecule has 4 rings (SSSR count). The molecule has 1 aliphatic carbocycles. The van der Waals surface area contributed by atoms with E-state index in [1.54, 1.807) is 42.8 Å². The maximum absolute atomic E-state index is 13.7. The summed E-state index contributed by atoms with van der Waals surface area (Å²) in [7, 11) is 1.75. The maximum atomic E-state index is 13.7. The molecular weight excluding hydrogens is 446 g/mol. The van der Waals surface area contributed by atoms with Crippen LogP contribution in [0.3, 0.4) is 0 Å². The second-order valence-electron chi connectivity index (χ2n) is 9.08. The van der Waals surface area contributed by atoms with Crippen molar-refractivity contribution in [3.05, 3.63) is 63.7 Å². The van der Waals surface area contributed by atoms with Crippen LogP contribution < -0.4 is 15.6 Å². The highest BCUT2D eigenvalue weighted by Crippen LogP contribution is 2.32. The number of aliphatic hydroxyl groups excluding tert-OH is 1. The summed E-state index contributed by atoms with van der Waals surface area (Å²) in [6.45, 7) is 3.93. The molecule has 3 aromatic rings. The third-order valence-electron chi connectivity index (χ3n) is 6.80. The van der Waals surface area contributed by atoms with Gasteiger partial charge in [-0.25, -0.2) is 0 Å². The van der Waals surface area contributed by atoms with Gasteiger partial charge in [0.25, 0.3) is 11.5 Å². The summed E-state index contributed by atoms with van der Waals surface area (Å²) in [4.78, 5) is 40.0. The van der Waals surface area contributed by atoms with Gasteiger partial charge in [-0.3, -0.25) is 14.4 Å². The van der Waals surface area contributed by atoms with E-state index in [1.807, 2.05) is 19.1 Å². The number of fused-ring (bicyclic) bond motifs is 1. The SMILES string of the molecule is CCOc1c(C(=O)NC2CCC(O)CC2)n(C)c2cc(CC)n(CC(=O)c3ccccc3)c(=O)c12. The number of aromatic nitrogens is 2. The topological polar surface area (TPSA) is 103 Å². The number of Topliss-reactive ketones (excluding diaryl/α,β-unsaturated/α-hetero) is 1. The van der Waals surface area contributed by atoms with Crippen molar-refractivity contribution in [1.29, 1.82) is 0 Å². The Hall–Kier alpha value is -3.39. The molecule has 0 atom stereocenters. The number of rotatable bonds is 8. The minimum Gasteiger partial charge on any atom is -0.491 e. The number of carbonyl (C=O) groups excluding carboxylic acids is 2. The van der Waals surface area contributed by atoms with Crippen molar-refractivity contribution in [2.75, 3.05) is 6.61 Å². The van der Waals surface area contributed by atoms with Crippen LogP contribution in [0.2, 0.25) is 0 Å². The van der Waals surface area contributed by atoms with Crippen LogP contribution in [-0.4, -0.2) is 44.7 Å². The minimum atomic E-state index is -0.345. The minimum absolute atomic E-state index is 0.0373. The van der Waals surface area contributed by atoms with E-state index in [1.165, 1.54) is 4.57 Å². The van der Waals surface area contributed by atoms with Crippen LogP contribution in [0.5, 0.6) is 5.75 Å². The monoisotopic (exact) mass is 479 g/mol. The Kier molecular flexibility index (Phi) is 7.40. The van der Waals surface area contributed by atoms with Crippen molar-refractivity contribution in [1.82, 2.24) is 14.5 Å². The van der Waals surface area contributed by atoms with Gasteiger partial charge in [0.2, 0.25) is 0 Å². The summed E-state index contributed by atoms with van der Waals surface area (Å²) in [5.74, 6) is -0.224. The van der Waals surface area contributed by atoms with Crippen LogP contribution >= 0.6 is 0 Å². The molecule has 2 N–H and O–H groups in total. The molecule has 1 aliphatic rings. The molecule has 2 aromatic heterocycles. The van der Waals surface area contributed by atoms with Crippen molar-refractivity contribution in [3.63, 3.8) is 0 Å². The largest absolute Gasteiger partial charge is 0.491 e. The molecule has 1 amide bonds. The molecule has 1 aromatic carbocycles. The number of aryl methyl sites for hydroxylation is 2. The van der Waals surface area contributed by atoms with E-state index in [4.69, 9.17) is 4.74 Å². The summed E-state index contributed by atoms with van der Waals surface area (Å²) in [6.07, 6.45) is 2.94. The van der Waals surface area contributed by atoms with Gasteiger partial charge in [0.15, 0.2) is 17.2 Å². The molecule has 186 valence electrons. The van der Waals surface area contributed by atoms with E-state index in [2.05, 4.69) is 5.32 Å². The average molecular weight is 480 g/mol. The lowest BCUT2D eigenvalue weighted by Gasteiger charge is -2.26. The third-order valence-corrected chi connectivity index (χ3v) is 6.80. The standard InChI is InChI=1S/C27H33N3O5/c1-4-19-15-21-23(27(34)30(19)16-22(32)17-9-7-6-8-10-17)25(35-5-2)24(29(21)3)26(33)28-18-11-13-20(31)14-12-18/h6-10,15,18,20,31H,4-5,11-14,16H2,1-3H3,(H,28,33). The smallest absolute Gasteiger partial charge is 0.272 e. The second-order valence-corrected chi connectivity index (χ2v) is 9.08. The predicted octanol–water partition coefficient (Wildman–Crippen LogP) is 3.22. The van der Waals surface area contributed by atoms with Gasteiger partial charge in [-0.2, -0.15) is 0 Å². The van der Waals surface area contributed by atoms with Crippen molar-refractivity contribution < 1.29 is 19.4 Å². The molecular formula is C27H33N3O5. The molecule has 1 fully saturated rings. The molecule has 1 saturated carbocycles. The normalized spacial score (nSPS) is 17.9. The first kappa shape index (κ1) is 24.7. The van der Waals surface area contributed by atoms with E-state index in [0.717, 1.165) is 0 Å². The quantitative estimate of drug-likeness (QED) is 0.483. The van der Waals surface area contributed by atoms with Crippen LogP contribution in [0.25, 0.3) is 10.9 Å². The van der Waals surface area contributed by atoms with E-state index in [9.17, 15) is 19.5 Å². The van der Waals surface area contributed by atoms with Crippen molar-refractivity contribution in [2.45, 2.75) is 64.6 Å². The van der Waals surface area contributed by atoms with Gasteiger partial charge in [0, 0.05) is 24.3 Å². The molecule has 8 heteroatoms. The first-order valence-corrected chi connectivity index (χ1v) is 12.3. The highest BCUT2D eigenvalue weighted by atomic mass is 16.5. The van der Waals surface area contributed by atoms with Crippen LogP contribution in [0.4, 0.5) is 0 Å². The van der Waals surface area contributed by atoms with Gasteiger partial charge in [0.1, 0.15) is 5.39 Å². The summed E-state index contributed by atoms with van der Waals surface area (Å²) >= 11 is 0. The molecule has 0 unspecified atom stereocenters. The lowest BCUT2D eigenvalue weighted by atomic mass is 9.93. The summed E-state index contributed by atoms with van der Waals surface area (Å²) < 4.78 is 9.07. The zero-order chi connectivity index (χ0) is 25.1. The van der Waals surface area contributed by atoms with Gasteiger partial charge >= 0.3 is 0 Å². The van der Waals surface area contributed by atoms with Crippen molar-refractivity contribution in [3.8, 4) is 5.75 Å². The van der Waals surface area contributed by atoms with Gasteiger partial charge in [-0.15, -0.1) is 0 Å². The predicted molar refractivity (Wildman–Crippen MR) is 134 cm³/mol. The maximum Gasteiger partial charge on any atom is 0.272 e. The summed E-state index contributed by atoms with van der Waals surface area (Å²) in [5.41, 5.74) is 1.80. The second kappa shape index (κ2) is 10.5. The number of hydrogen-bond acceptors (Lipinski definition) is 5. The highest BCUT2D eigenvalue weighted by Gasteiger charge is 2.29. The number of ketones is 1. The lowest BCUT2D eigenvalue weighted by Crippen LogP contribution is -2.39. The van der Waals surface area contributed by atoms with Gasteiger partial charge < -0.3 is 24.3 Å². The Morgan fingerprint density at radius 3 is 2.43 bits per heavy atom. The Morgan fingerprint density at radius 1 is 1.11 bits per heavy atom. The lowest BCUT2D eigenvalue weighted by molar-refractivity contribution is 0.0857. The number of benzene rings is 1. The number of carbonyl (C=O) groups is 2. The number of hydrogen-bond donors (Lipinski definition) is 2. The zero-order valence-electron chi connectivity index (χ0n) is 20.5. The molecule has 0 radical (unpaired) electrons. The first-order valence-electron chi connectivity index (χ1n) is 12.3. The van der Waals surface area contributed by atoms with Crippen molar-refractivity contribution in [2.24, 2.45) is 7.05 Å². The van der Waals surface area contributed by atoms with E-state index in [0.29, 0.717) is 60.0 Å². The molecule has 0 bridgehead atoms. The Morgan fingerprint density at radius 2 is 1.80 bits per heavy atom. The number of nitrogens with one attached hydrogen (secondary N) is 1. The fourth-order valence-electron chi connectivity index (χ4n) is 4.89. The number of ether oxygens (including phenoxy) is 1. The van der Waals surface area contributed by atoms with Crippen molar-refractivity contribution >= 4 is 22.6 Å². The fraction of sp³-hybridized carbons (Fsp3) is 0.444. The van der Waals surface area contributed by atoms with E-state index in [-0.39, 0.29) is 48.3 Å². The molecule has 0 spiro atoms. The summed E-state index contributed by atoms with van der Waals surface area (Å²) in [5, 5.41) is 13.1. The van der Waals surface area contributed by atoms with E-state index < -0.39 is 0 Å². The molecule has 0 saturated heterocycles. The van der Waals surface area contributed by atoms with Crippen LogP contribution in [0.15, 0.2) is 41.2 Å². The molecule has 2 heterocycles. The Bertz CT molecular complexity index is 1280. The average Bonchev–Trinajstić information content (AvgIpc) is 3.14. The van der Waals surface area contributed by atoms with Crippen LogP contribution in [-0.2, 0) is 20.0 Å². The summed E-state index contributed by atoms with van der Waals surface area (Å²) in [6, 6.07) is 10.7. The number of amides is 1. The van der Waals surface area contributed by atoms with Gasteiger partial charge in [0.05, 0.1) is 24.8 Å². The fourth-order valence-corrected chi connectivity index (χ4v) is 4.89.